The molecule has 1 amide bonds. The first-order chi connectivity index (χ1) is 16.4. The highest BCUT2D eigenvalue weighted by molar-refractivity contribution is 7.99. The maximum atomic E-state index is 12.5. The minimum atomic E-state index is -0.719. The number of hydrogen-bond acceptors (Lipinski definition) is 4. The van der Waals surface area contributed by atoms with Gasteiger partial charge in [0.25, 0.3) is 0 Å². The number of carboxylic acids is 1. The van der Waals surface area contributed by atoms with Crippen LogP contribution >= 0.6 is 11.8 Å². The summed E-state index contributed by atoms with van der Waals surface area (Å²) in [5.41, 5.74) is 2.02. The van der Waals surface area contributed by atoms with Gasteiger partial charge in [-0.1, -0.05) is 70.4 Å². The predicted octanol–water partition coefficient (Wildman–Crippen LogP) is 7.34. The molecule has 0 aliphatic rings. The highest BCUT2D eigenvalue weighted by Gasteiger charge is 2.10. The van der Waals surface area contributed by atoms with Crippen LogP contribution in [0.15, 0.2) is 23.1 Å². The molecule has 1 aromatic carbocycles. The molecule has 0 saturated heterocycles. The Bertz CT molecular complexity index is 739. The maximum Gasteiger partial charge on any atom is 0.303 e. The summed E-state index contributed by atoms with van der Waals surface area (Å²) in [6.45, 7) is 4.01. The number of para-hydroxylation sites is 1. The van der Waals surface area contributed by atoms with E-state index in [-0.39, 0.29) is 12.3 Å². The highest BCUT2D eigenvalue weighted by atomic mass is 32.2. The van der Waals surface area contributed by atoms with Crippen molar-refractivity contribution in [2.24, 2.45) is 0 Å². The average molecular weight is 512 g/mol. The second-order valence-corrected chi connectivity index (χ2v) is 11.9. The van der Waals surface area contributed by atoms with Gasteiger partial charge in [0.05, 0.1) is 5.69 Å². The van der Waals surface area contributed by atoms with Crippen LogP contribution in [-0.4, -0.2) is 38.5 Å². The fourth-order valence-corrected chi connectivity index (χ4v) is 5.71. The van der Waals surface area contributed by atoms with E-state index in [2.05, 4.69) is 11.4 Å². The SMILES string of the molecule is CCS(=O)CCCCCCCCCCC(=O)Nc1c(C)cccc1SCCCCCCC(=O)O. The van der Waals surface area contributed by atoms with Crippen LogP contribution in [0.25, 0.3) is 0 Å². The third-order valence-corrected chi connectivity index (χ3v) is 8.42. The molecule has 1 aromatic rings. The van der Waals surface area contributed by atoms with Crippen LogP contribution in [0.3, 0.4) is 0 Å². The van der Waals surface area contributed by atoms with E-state index >= 15 is 0 Å². The van der Waals surface area contributed by atoms with Crippen molar-refractivity contribution in [3.05, 3.63) is 23.8 Å². The van der Waals surface area contributed by atoms with Gasteiger partial charge in [0.2, 0.25) is 5.91 Å². The summed E-state index contributed by atoms with van der Waals surface area (Å²) in [6, 6.07) is 6.13. The van der Waals surface area contributed by atoms with Gasteiger partial charge in [-0.3, -0.25) is 13.8 Å². The molecular formula is C27H45NO4S2. The number of carboxylic acid groups (broad SMARTS) is 1. The standard InChI is InChI=1S/C27H45NO4S2/c1-3-34(32)22-15-11-7-5-4-6-8-12-19-25(29)28-27-23(2)17-16-18-24(27)33-21-14-10-9-13-20-26(30)31/h16-18H,3-15,19-22H2,1-2H3,(H,28,29)(H,30,31). The lowest BCUT2D eigenvalue weighted by molar-refractivity contribution is -0.137. The normalized spacial score (nSPS) is 11.9. The van der Waals surface area contributed by atoms with Gasteiger partial charge in [-0.25, -0.2) is 0 Å². The van der Waals surface area contributed by atoms with E-state index in [0.29, 0.717) is 6.42 Å². The predicted molar refractivity (Wildman–Crippen MR) is 146 cm³/mol. The molecule has 7 heteroatoms. The molecule has 194 valence electrons. The van der Waals surface area contributed by atoms with Crippen LogP contribution in [0.4, 0.5) is 5.69 Å². The molecule has 5 nitrogen and oxygen atoms in total. The third-order valence-electron chi connectivity index (χ3n) is 5.89. The third kappa shape index (κ3) is 15.5. The van der Waals surface area contributed by atoms with E-state index in [9.17, 15) is 13.8 Å². The average Bonchev–Trinajstić information content (AvgIpc) is 2.81. The number of hydrogen-bond donors (Lipinski definition) is 2. The Labute approximate surface area is 213 Å². The van der Waals surface area contributed by atoms with Gasteiger partial charge in [-0.05, 0) is 50.0 Å². The van der Waals surface area contributed by atoms with E-state index in [1.54, 1.807) is 11.8 Å². The number of carbonyl (C=O) groups is 2. The molecule has 34 heavy (non-hydrogen) atoms. The Morgan fingerprint density at radius 2 is 1.47 bits per heavy atom. The maximum absolute atomic E-state index is 12.5. The minimum absolute atomic E-state index is 0.0914. The van der Waals surface area contributed by atoms with Crippen LogP contribution in [0.1, 0.15) is 102 Å². The molecule has 0 radical (unpaired) electrons. The molecule has 0 aliphatic carbocycles. The lowest BCUT2D eigenvalue weighted by Crippen LogP contribution is -2.13. The van der Waals surface area contributed by atoms with E-state index in [4.69, 9.17) is 5.11 Å². The monoisotopic (exact) mass is 511 g/mol. The van der Waals surface area contributed by atoms with E-state index < -0.39 is 16.8 Å². The first-order valence-corrected chi connectivity index (χ1v) is 15.5. The molecule has 0 bridgehead atoms. The zero-order valence-corrected chi connectivity index (χ0v) is 22.9. The number of benzene rings is 1. The van der Waals surface area contributed by atoms with Crippen molar-refractivity contribution in [2.45, 2.75) is 109 Å². The Balaban J connectivity index is 2.19. The summed E-state index contributed by atoms with van der Waals surface area (Å²) in [6.07, 6.45) is 13.7. The zero-order chi connectivity index (χ0) is 25.0. The second kappa shape index (κ2) is 19.9. The van der Waals surface area contributed by atoms with Crippen LogP contribution < -0.4 is 5.32 Å². The van der Waals surface area contributed by atoms with Crippen molar-refractivity contribution in [1.82, 2.24) is 0 Å². The Morgan fingerprint density at radius 1 is 0.882 bits per heavy atom. The molecule has 1 rings (SSSR count). The number of unbranched alkanes of at least 4 members (excludes halogenated alkanes) is 10. The summed E-state index contributed by atoms with van der Waals surface area (Å²) < 4.78 is 11.4. The molecule has 0 aliphatic heterocycles. The van der Waals surface area contributed by atoms with E-state index in [1.807, 2.05) is 26.0 Å². The van der Waals surface area contributed by atoms with E-state index in [1.165, 1.54) is 32.1 Å². The largest absolute Gasteiger partial charge is 0.481 e. The van der Waals surface area contributed by atoms with Gasteiger partial charge < -0.3 is 10.4 Å². The summed E-state index contributed by atoms with van der Waals surface area (Å²) in [7, 11) is -0.622. The lowest BCUT2D eigenvalue weighted by Gasteiger charge is -2.14. The molecule has 0 fully saturated rings. The van der Waals surface area contributed by atoms with Crippen LogP contribution in [0, 0.1) is 6.92 Å². The van der Waals surface area contributed by atoms with Gasteiger partial charge >= 0.3 is 5.97 Å². The number of amides is 1. The molecule has 0 saturated carbocycles. The van der Waals surface area contributed by atoms with Crippen LogP contribution in [-0.2, 0) is 20.4 Å². The molecule has 0 aromatic heterocycles. The molecular weight excluding hydrogens is 466 g/mol. The Kier molecular flexibility index (Phi) is 18.0. The van der Waals surface area contributed by atoms with Crippen LogP contribution in [0.2, 0.25) is 0 Å². The first kappa shape index (κ1) is 30.7. The smallest absolute Gasteiger partial charge is 0.303 e. The number of aryl methyl sites for hydroxylation is 1. The Hall–Kier alpha value is -1.34. The highest BCUT2D eigenvalue weighted by Crippen LogP contribution is 2.31. The molecule has 0 spiro atoms. The number of anilines is 1. The number of thioether (sulfide) groups is 1. The molecule has 1 unspecified atom stereocenters. The topological polar surface area (TPSA) is 83.5 Å². The second-order valence-electron chi connectivity index (χ2n) is 8.91. The minimum Gasteiger partial charge on any atom is -0.481 e. The first-order valence-electron chi connectivity index (χ1n) is 13.0. The molecule has 0 heterocycles. The fraction of sp³-hybridized carbons (Fsp3) is 0.704. The number of nitrogens with one attached hydrogen (secondary N) is 1. The van der Waals surface area contributed by atoms with Crippen molar-refractivity contribution >= 4 is 40.1 Å². The quantitative estimate of drug-likeness (QED) is 0.133. The lowest BCUT2D eigenvalue weighted by atomic mass is 10.1. The van der Waals surface area contributed by atoms with Gasteiger partial charge in [-0.15, -0.1) is 11.8 Å². The summed E-state index contributed by atoms with van der Waals surface area (Å²) in [4.78, 5) is 24.2. The van der Waals surface area contributed by atoms with Gasteiger partial charge in [0.1, 0.15) is 0 Å². The number of carbonyl (C=O) groups excluding carboxylic acids is 1. The molecule has 1 atom stereocenters. The summed E-state index contributed by atoms with van der Waals surface area (Å²) in [5.74, 6) is 1.96. The van der Waals surface area contributed by atoms with Crippen molar-refractivity contribution in [3.8, 4) is 0 Å². The van der Waals surface area contributed by atoms with Crippen molar-refractivity contribution < 1.29 is 18.9 Å². The fourth-order valence-electron chi connectivity index (χ4n) is 3.79. The number of rotatable bonds is 21. The van der Waals surface area contributed by atoms with Crippen molar-refractivity contribution in [1.29, 1.82) is 0 Å². The van der Waals surface area contributed by atoms with Gasteiger partial charge in [0, 0.05) is 40.0 Å². The Morgan fingerprint density at radius 3 is 2.12 bits per heavy atom. The summed E-state index contributed by atoms with van der Waals surface area (Å²) in [5, 5.41) is 11.8. The van der Waals surface area contributed by atoms with Gasteiger partial charge in [-0.2, -0.15) is 0 Å². The molecule has 2 N–H and O–H groups in total. The van der Waals surface area contributed by atoms with Crippen molar-refractivity contribution in [3.63, 3.8) is 0 Å². The van der Waals surface area contributed by atoms with Gasteiger partial charge in [0.15, 0.2) is 0 Å². The summed E-state index contributed by atoms with van der Waals surface area (Å²) >= 11 is 1.77. The van der Waals surface area contributed by atoms with Crippen molar-refractivity contribution in [2.75, 3.05) is 22.6 Å². The number of aliphatic carboxylic acids is 1. The van der Waals surface area contributed by atoms with Crippen LogP contribution in [0.5, 0.6) is 0 Å². The zero-order valence-electron chi connectivity index (χ0n) is 21.2. The van der Waals surface area contributed by atoms with E-state index in [0.717, 1.165) is 78.4 Å².